The van der Waals surface area contributed by atoms with Crippen LogP contribution in [0, 0.1) is 17.8 Å². The minimum Gasteiger partial charge on any atom is -0.356 e. The smallest absolute Gasteiger partial charge is 0.223 e. The lowest BCUT2D eigenvalue weighted by Gasteiger charge is -2.29. The van der Waals surface area contributed by atoms with Gasteiger partial charge in [-0.2, -0.15) is 0 Å². The minimum absolute atomic E-state index is 0.296. The number of amides is 1. The maximum atomic E-state index is 12.2. The minimum atomic E-state index is 0.296. The number of carbonyl (C=O) groups is 1. The monoisotopic (exact) mass is 280 g/mol. The van der Waals surface area contributed by atoms with Crippen LogP contribution in [-0.4, -0.2) is 25.5 Å². The summed E-state index contributed by atoms with van der Waals surface area (Å²) in [5.74, 6) is 2.16. The van der Waals surface area contributed by atoms with E-state index in [0.29, 0.717) is 17.7 Å². The Morgan fingerprint density at radius 2 is 1.95 bits per heavy atom. The quantitative estimate of drug-likeness (QED) is 0.785. The van der Waals surface area contributed by atoms with Crippen LogP contribution in [0.25, 0.3) is 0 Å². The highest BCUT2D eigenvalue weighted by Gasteiger charge is 2.26. The van der Waals surface area contributed by atoms with E-state index in [1.54, 1.807) is 0 Å². The zero-order valence-electron chi connectivity index (χ0n) is 13.1. The Morgan fingerprint density at radius 1 is 1.15 bits per heavy atom. The molecule has 1 saturated heterocycles. The van der Waals surface area contributed by atoms with Gasteiger partial charge in [0, 0.05) is 12.5 Å². The van der Waals surface area contributed by atoms with Crippen LogP contribution in [-0.2, 0) is 4.79 Å². The van der Waals surface area contributed by atoms with Gasteiger partial charge in [0.2, 0.25) is 5.91 Å². The largest absolute Gasteiger partial charge is 0.356 e. The van der Waals surface area contributed by atoms with Crippen molar-refractivity contribution in [1.29, 1.82) is 0 Å². The number of unbranched alkanes of at least 4 members (excludes halogenated alkanes) is 1. The molecule has 116 valence electrons. The maximum absolute atomic E-state index is 12.2. The number of hydrogen-bond acceptors (Lipinski definition) is 2. The second-order valence-electron chi connectivity index (χ2n) is 6.82. The van der Waals surface area contributed by atoms with Crippen LogP contribution in [0.4, 0.5) is 0 Å². The van der Waals surface area contributed by atoms with Crippen LogP contribution in [0.5, 0.6) is 0 Å². The van der Waals surface area contributed by atoms with Gasteiger partial charge in [0.25, 0.3) is 0 Å². The maximum Gasteiger partial charge on any atom is 0.223 e. The molecular formula is C17H32N2O. The molecule has 1 unspecified atom stereocenters. The first-order valence-corrected chi connectivity index (χ1v) is 8.78. The fourth-order valence-electron chi connectivity index (χ4n) is 3.69. The summed E-state index contributed by atoms with van der Waals surface area (Å²) in [6.07, 6.45) is 11.3. The van der Waals surface area contributed by atoms with E-state index in [9.17, 15) is 4.79 Å². The third-order valence-electron chi connectivity index (χ3n) is 5.15. The summed E-state index contributed by atoms with van der Waals surface area (Å²) >= 11 is 0. The number of piperidine rings is 1. The zero-order valence-corrected chi connectivity index (χ0v) is 13.1. The predicted octanol–water partition coefficient (Wildman–Crippen LogP) is 3.10. The lowest BCUT2D eigenvalue weighted by Crippen LogP contribution is -2.40. The van der Waals surface area contributed by atoms with Gasteiger partial charge in [-0.05, 0) is 63.5 Å². The second kappa shape index (κ2) is 8.66. The predicted molar refractivity (Wildman–Crippen MR) is 83.6 cm³/mol. The average Bonchev–Trinajstić information content (AvgIpc) is 2.52. The summed E-state index contributed by atoms with van der Waals surface area (Å²) < 4.78 is 0. The van der Waals surface area contributed by atoms with E-state index in [4.69, 9.17) is 0 Å². The number of carbonyl (C=O) groups excluding carboxylic acids is 1. The Kier molecular flexibility index (Phi) is 6.85. The third kappa shape index (κ3) is 5.08. The van der Waals surface area contributed by atoms with Crippen LogP contribution in [0.2, 0.25) is 0 Å². The van der Waals surface area contributed by atoms with Crippen molar-refractivity contribution in [2.75, 3.05) is 19.6 Å². The molecule has 0 aromatic carbocycles. The SMILES string of the molecule is CCCCC1CCC(C(=O)NCC2CCCNC2)CC1. The normalized spacial score (nSPS) is 30.9. The lowest BCUT2D eigenvalue weighted by molar-refractivity contribution is -0.126. The zero-order chi connectivity index (χ0) is 14.2. The number of hydrogen-bond donors (Lipinski definition) is 2. The Balaban J connectivity index is 1.61. The Morgan fingerprint density at radius 3 is 2.60 bits per heavy atom. The highest BCUT2D eigenvalue weighted by Crippen LogP contribution is 2.31. The van der Waals surface area contributed by atoms with E-state index in [1.165, 1.54) is 44.9 Å². The molecule has 1 saturated carbocycles. The van der Waals surface area contributed by atoms with E-state index < -0.39 is 0 Å². The van der Waals surface area contributed by atoms with E-state index in [-0.39, 0.29) is 0 Å². The Labute approximate surface area is 124 Å². The van der Waals surface area contributed by atoms with Crippen LogP contribution < -0.4 is 10.6 Å². The van der Waals surface area contributed by atoms with E-state index in [1.807, 2.05) is 0 Å². The highest BCUT2D eigenvalue weighted by atomic mass is 16.1. The fourth-order valence-corrected chi connectivity index (χ4v) is 3.69. The molecule has 1 heterocycles. The molecule has 0 aromatic rings. The van der Waals surface area contributed by atoms with Crippen LogP contribution in [0.3, 0.4) is 0 Å². The molecule has 1 atom stereocenters. The number of nitrogens with one attached hydrogen (secondary N) is 2. The summed E-state index contributed by atoms with van der Waals surface area (Å²) in [5.41, 5.74) is 0. The van der Waals surface area contributed by atoms with E-state index in [2.05, 4.69) is 17.6 Å². The van der Waals surface area contributed by atoms with Crippen molar-refractivity contribution in [3.8, 4) is 0 Å². The molecule has 1 aliphatic heterocycles. The van der Waals surface area contributed by atoms with Gasteiger partial charge in [0.1, 0.15) is 0 Å². The van der Waals surface area contributed by atoms with Gasteiger partial charge in [-0.1, -0.05) is 26.2 Å². The first kappa shape index (κ1) is 15.8. The molecule has 0 radical (unpaired) electrons. The first-order chi connectivity index (χ1) is 9.79. The molecule has 20 heavy (non-hydrogen) atoms. The molecule has 3 heteroatoms. The van der Waals surface area contributed by atoms with Gasteiger partial charge >= 0.3 is 0 Å². The molecule has 3 nitrogen and oxygen atoms in total. The summed E-state index contributed by atoms with van der Waals surface area (Å²) in [4.78, 5) is 12.2. The highest BCUT2D eigenvalue weighted by molar-refractivity contribution is 5.78. The summed E-state index contributed by atoms with van der Waals surface area (Å²) in [6, 6.07) is 0. The summed E-state index contributed by atoms with van der Waals surface area (Å²) in [5, 5.41) is 6.61. The molecule has 1 amide bonds. The summed E-state index contributed by atoms with van der Waals surface area (Å²) in [7, 11) is 0. The molecule has 2 fully saturated rings. The van der Waals surface area contributed by atoms with E-state index >= 15 is 0 Å². The number of rotatable bonds is 6. The van der Waals surface area contributed by atoms with E-state index in [0.717, 1.165) is 38.4 Å². The molecule has 2 rings (SSSR count). The molecular weight excluding hydrogens is 248 g/mol. The van der Waals surface area contributed by atoms with Gasteiger partial charge in [0.15, 0.2) is 0 Å². The van der Waals surface area contributed by atoms with Crippen molar-refractivity contribution in [2.24, 2.45) is 17.8 Å². The van der Waals surface area contributed by atoms with Crippen LogP contribution in [0.1, 0.15) is 64.7 Å². The Hall–Kier alpha value is -0.570. The van der Waals surface area contributed by atoms with Gasteiger partial charge in [0.05, 0.1) is 0 Å². The van der Waals surface area contributed by atoms with Crippen molar-refractivity contribution in [3.63, 3.8) is 0 Å². The van der Waals surface area contributed by atoms with Crippen molar-refractivity contribution in [1.82, 2.24) is 10.6 Å². The molecule has 2 aliphatic rings. The average molecular weight is 280 g/mol. The van der Waals surface area contributed by atoms with Crippen molar-refractivity contribution in [3.05, 3.63) is 0 Å². The first-order valence-electron chi connectivity index (χ1n) is 8.78. The summed E-state index contributed by atoms with van der Waals surface area (Å²) in [6.45, 7) is 5.36. The molecule has 1 aliphatic carbocycles. The molecule has 0 bridgehead atoms. The topological polar surface area (TPSA) is 41.1 Å². The van der Waals surface area contributed by atoms with Gasteiger partial charge in [-0.3, -0.25) is 4.79 Å². The van der Waals surface area contributed by atoms with Gasteiger partial charge < -0.3 is 10.6 Å². The van der Waals surface area contributed by atoms with Crippen LogP contribution in [0.15, 0.2) is 0 Å². The lowest BCUT2D eigenvalue weighted by atomic mass is 9.79. The van der Waals surface area contributed by atoms with Crippen LogP contribution >= 0.6 is 0 Å². The van der Waals surface area contributed by atoms with Crippen molar-refractivity contribution < 1.29 is 4.79 Å². The standard InChI is InChI=1S/C17H32N2O/c1-2-3-5-14-7-9-16(10-8-14)17(20)19-13-15-6-4-11-18-12-15/h14-16,18H,2-13H2,1H3,(H,19,20). The second-order valence-corrected chi connectivity index (χ2v) is 6.82. The van der Waals surface area contributed by atoms with Gasteiger partial charge in [-0.25, -0.2) is 0 Å². The third-order valence-corrected chi connectivity index (χ3v) is 5.15. The van der Waals surface area contributed by atoms with Crippen molar-refractivity contribution >= 4 is 5.91 Å². The molecule has 2 N–H and O–H groups in total. The fraction of sp³-hybridized carbons (Fsp3) is 0.941. The Bertz CT molecular complexity index is 279. The van der Waals surface area contributed by atoms with Gasteiger partial charge in [-0.15, -0.1) is 0 Å². The molecule has 0 aromatic heterocycles. The van der Waals surface area contributed by atoms with Crippen molar-refractivity contribution in [2.45, 2.75) is 64.7 Å². The molecule has 0 spiro atoms.